The van der Waals surface area contributed by atoms with Crippen LogP contribution in [0.2, 0.25) is 5.02 Å². The lowest BCUT2D eigenvalue weighted by Crippen LogP contribution is -2.56. The predicted octanol–water partition coefficient (Wildman–Crippen LogP) is 2.97. The van der Waals surface area contributed by atoms with Crippen LogP contribution in [0.25, 0.3) is 0 Å². The van der Waals surface area contributed by atoms with Crippen molar-refractivity contribution < 1.29 is 38.5 Å². The molecule has 2 N–H and O–H groups in total. The fourth-order valence-electron chi connectivity index (χ4n) is 7.23. The number of benzene rings is 2. The maximum atomic E-state index is 14.7. The first kappa shape index (κ1) is 32.9. The zero-order valence-electron chi connectivity index (χ0n) is 26.0. The number of nitrogens with zero attached hydrogens (tertiary/aromatic N) is 2. The number of para-hydroxylation sites is 1. The Kier molecular flexibility index (Phi) is 9.79. The largest absolute Gasteiger partial charge is 0.455 e. The normalized spacial score (nSPS) is 31.6. The van der Waals surface area contributed by atoms with Gasteiger partial charge in [0.25, 0.3) is 5.91 Å². The van der Waals surface area contributed by atoms with Crippen LogP contribution in [-0.4, -0.2) is 90.9 Å². The van der Waals surface area contributed by atoms with Gasteiger partial charge in [-0.3, -0.25) is 19.2 Å². The molecule has 3 amide bonds. The summed E-state index contributed by atoms with van der Waals surface area (Å²) in [6.45, 7) is 0.0396. The number of carbonyl (C=O) groups excluding carboxylic acids is 4. The number of cyclic esters (lactones) is 1. The third kappa shape index (κ3) is 6.09. The van der Waals surface area contributed by atoms with E-state index in [2.05, 4.69) is 5.32 Å². The molecule has 12 heteroatoms. The number of hydrogen-bond donors (Lipinski definition) is 2. The molecule has 248 valence electrons. The Morgan fingerprint density at radius 3 is 2.55 bits per heavy atom. The fraction of sp³-hybridized carbons (Fsp3) is 0.429. The summed E-state index contributed by atoms with van der Waals surface area (Å²) in [5.41, 5.74) is -0.368. The van der Waals surface area contributed by atoms with Crippen LogP contribution >= 0.6 is 11.6 Å². The summed E-state index contributed by atoms with van der Waals surface area (Å²) in [5.74, 6) is -3.94. The molecule has 7 atom stereocenters. The van der Waals surface area contributed by atoms with Gasteiger partial charge in [-0.15, -0.1) is 0 Å². The molecule has 6 rings (SSSR count). The van der Waals surface area contributed by atoms with E-state index in [1.807, 2.05) is 12.1 Å². The molecular formula is C35H38ClN3O8. The van der Waals surface area contributed by atoms with Crippen LogP contribution in [0.5, 0.6) is 0 Å². The zero-order chi connectivity index (χ0) is 33.1. The second kappa shape index (κ2) is 14.0. The van der Waals surface area contributed by atoms with Crippen LogP contribution in [0.4, 0.5) is 5.69 Å². The highest BCUT2D eigenvalue weighted by atomic mass is 35.5. The summed E-state index contributed by atoms with van der Waals surface area (Å²) in [5, 5.41) is 13.0. The second-order valence-electron chi connectivity index (χ2n) is 12.1. The smallest absolute Gasteiger partial charge is 0.313 e. The van der Waals surface area contributed by atoms with Crippen molar-refractivity contribution in [2.75, 3.05) is 38.3 Å². The molecule has 0 radical (unpaired) electrons. The topological polar surface area (TPSA) is 135 Å². The van der Waals surface area contributed by atoms with Crippen molar-refractivity contribution in [3.63, 3.8) is 0 Å². The predicted molar refractivity (Wildman–Crippen MR) is 172 cm³/mol. The van der Waals surface area contributed by atoms with Gasteiger partial charge in [-0.25, -0.2) is 0 Å². The van der Waals surface area contributed by atoms with Crippen molar-refractivity contribution in [2.45, 2.75) is 49.2 Å². The molecule has 4 heterocycles. The van der Waals surface area contributed by atoms with Gasteiger partial charge in [0.05, 0.1) is 35.4 Å². The number of amides is 3. The van der Waals surface area contributed by atoms with Gasteiger partial charge in [0, 0.05) is 33.2 Å². The van der Waals surface area contributed by atoms with Crippen molar-refractivity contribution in [2.24, 2.45) is 11.8 Å². The highest BCUT2D eigenvalue weighted by Gasteiger charge is 2.73. The Balaban J connectivity index is 1.45. The number of aliphatic hydroxyl groups is 1. The Morgan fingerprint density at radius 1 is 1.04 bits per heavy atom. The van der Waals surface area contributed by atoms with Crippen molar-refractivity contribution in [3.05, 3.63) is 89.5 Å². The number of nitrogens with one attached hydrogen (secondary N) is 1. The molecule has 5 bridgehead atoms. The Bertz CT molecular complexity index is 1570. The van der Waals surface area contributed by atoms with E-state index < -0.39 is 59.5 Å². The van der Waals surface area contributed by atoms with Crippen LogP contribution in [-0.2, 0) is 33.4 Å². The van der Waals surface area contributed by atoms with Crippen molar-refractivity contribution in [3.8, 4) is 0 Å². The molecule has 4 aliphatic rings. The monoisotopic (exact) mass is 663 g/mol. The zero-order valence-corrected chi connectivity index (χ0v) is 26.8. The number of likely N-dealkylation sites (tertiary alicyclic amines) is 1. The van der Waals surface area contributed by atoms with E-state index in [-0.39, 0.29) is 45.1 Å². The molecule has 2 aromatic rings. The molecule has 1 spiro atoms. The summed E-state index contributed by atoms with van der Waals surface area (Å²) in [6, 6.07) is 14.1. The molecule has 11 nitrogen and oxygen atoms in total. The van der Waals surface area contributed by atoms with Gasteiger partial charge in [-0.05, 0) is 30.5 Å². The molecule has 47 heavy (non-hydrogen) atoms. The maximum absolute atomic E-state index is 14.7. The van der Waals surface area contributed by atoms with Gasteiger partial charge in [0.1, 0.15) is 23.7 Å². The molecule has 0 aromatic heterocycles. The minimum absolute atomic E-state index is 0.0591. The first-order valence-corrected chi connectivity index (χ1v) is 16.2. The highest BCUT2D eigenvalue weighted by molar-refractivity contribution is 6.34. The van der Waals surface area contributed by atoms with Gasteiger partial charge in [0.15, 0.2) is 0 Å². The number of esters is 1. The van der Waals surface area contributed by atoms with Crippen molar-refractivity contribution in [1.29, 1.82) is 0 Å². The highest BCUT2D eigenvalue weighted by Crippen LogP contribution is 2.56. The van der Waals surface area contributed by atoms with E-state index in [9.17, 15) is 24.3 Å². The summed E-state index contributed by atoms with van der Waals surface area (Å²) >= 11 is 6.60. The maximum Gasteiger partial charge on any atom is 0.313 e. The summed E-state index contributed by atoms with van der Waals surface area (Å²) in [7, 11) is 1.50. The number of hydrogen-bond acceptors (Lipinski definition) is 8. The molecule has 0 aliphatic carbocycles. The number of ether oxygens (including phenoxy) is 3. The quantitative estimate of drug-likeness (QED) is 0.341. The van der Waals surface area contributed by atoms with Gasteiger partial charge in [-0.2, -0.15) is 0 Å². The Morgan fingerprint density at radius 2 is 1.81 bits per heavy atom. The number of carbonyl (C=O) groups is 4. The van der Waals surface area contributed by atoms with E-state index in [1.165, 1.54) is 16.9 Å². The average Bonchev–Trinajstić information content (AvgIpc) is 3.71. The van der Waals surface area contributed by atoms with Crippen LogP contribution in [0.3, 0.4) is 0 Å². The lowest BCUT2D eigenvalue weighted by molar-refractivity contribution is -0.162. The number of methoxy groups -OCH3 is 1. The first-order valence-electron chi connectivity index (χ1n) is 15.8. The average molecular weight is 664 g/mol. The Labute approximate surface area is 278 Å². The second-order valence-corrected chi connectivity index (χ2v) is 12.5. The van der Waals surface area contributed by atoms with Crippen molar-refractivity contribution >= 4 is 41.0 Å². The first-order chi connectivity index (χ1) is 22.8. The minimum Gasteiger partial charge on any atom is -0.455 e. The number of anilines is 1. The lowest BCUT2D eigenvalue weighted by Gasteiger charge is -2.36. The van der Waals surface area contributed by atoms with E-state index >= 15 is 0 Å². The van der Waals surface area contributed by atoms with Gasteiger partial charge in [0.2, 0.25) is 11.8 Å². The van der Waals surface area contributed by atoms with Gasteiger partial charge in [-0.1, -0.05) is 78.4 Å². The summed E-state index contributed by atoms with van der Waals surface area (Å²) in [6.07, 6.45) is 6.03. The third-order valence-corrected chi connectivity index (χ3v) is 9.59. The van der Waals surface area contributed by atoms with E-state index in [1.54, 1.807) is 66.8 Å². The number of fused-ring (bicyclic) bond motifs is 2. The van der Waals surface area contributed by atoms with Gasteiger partial charge < -0.3 is 34.4 Å². The number of allylic oxidation sites excluding steroid dienone is 1. The molecule has 4 aliphatic heterocycles. The standard InChI is InChI=1S/C35H38ClN3O8/c1-45-21-24-30(22-11-4-2-5-12-22)46-34(44)28-26-16-17-35(47-26)29(28)32(42)39(19-10-20-40)31(35)33(43)38(25-14-8-7-13-23(25)36)18-9-3-6-15-27(41)37-24/h2-5,7-9,11-14,16-17,24,26,28-31,40H,6,10,15,18-21H2,1H3,(H,37,41)/b9-3-/t24-,26+,28-,29-,30-,31+,35-/m0/s1. The molecule has 2 saturated heterocycles. The van der Waals surface area contributed by atoms with E-state index in [4.69, 9.17) is 25.8 Å². The summed E-state index contributed by atoms with van der Waals surface area (Å²) < 4.78 is 18.2. The number of aliphatic hydroxyl groups excluding tert-OH is 1. The molecular weight excluding hydrogens is 626 g/mol. The van der Waals surface area contributed by atoms with Gasteiger partial charge >= 0.3 is 5.97 Å². The Hall–Kier alpha value is -4.03. The summed E-state index contributed by atoms with van der Waals surface area (Å²) in [4.78, 5) is 59.4. The third-order valence-electron chi connectivity index (χ3n) is 9.27. The lowest BCUT2D eigenvalue weighted by atomic mass is 9.74. The van der Waals surface area contributed by atoms with E-state index in [0.29, 0.717) is 22.7 Å². The fourth-order valence-corrected chi connectivity index (χ4v) is 7.47. The SMILES string of the molecule is COC[C@@H]1NC(=O)CC/C=C\CN(c2ccccc2Cl)C(=O)[C@H]2N(CCCO)C(=O)[C@@H]3[C@@H](C(=O)O[C@H]1c1ccccc1)[C@H]1C=C[C@]32O1. The number of rotatable bonds is 7. The van der Waals surface area contributed by atoms with Crippen molar-refractivity contribution in [1.82, 2.24) is 10.2 Å². The minimum atomic E-state index is -1.45. The van der Waals surface area contributed by atoms with Crippen LogP contribution in [0.15, 0.2) is 78.9 Å². The van der Waals surface area contributed by atoms with E-state index in [0.717, 1.165) is 0 Å². The molecule has 0 saturated carbocycles. The molecule has 2 aromatic carbocycles. The molecule has 2 fully saturated rings. The van der Waals surface area contributed by atoms with Crippen LogP contribution in [0, 0.1) is 11.8 Å². The molecule has 0 unspecified atom stereocenters. The number of halogens is 1. The van der Waals surface area contributed by atoms with Crippen LogP contribution in [0.1, 0.15) is 30.9 Å². The van der Waals surface area contributed by atoms with Crippen LogP contribution < -0.4 is 10.2 Å².